The summed E-state index contributed by atoms with van der Waals surface area (Å²) in [5.41, 5.74) is 0. The molecule has 0 aliphatic rings. The molecule has 0 heterocycles. The molecule has 0 spiro atoms. The monoisotopic (exact) mass is 1180 g/mol. The van der Waals surface area contributed by atoms with Crippen molar-refractivity contribution >= 4 is 11.9 Å². The van der Waals surface area contributed by atoms with Gasteiger partial charge in [-0.25, -0.2) is 0 Å². The maximum Gasteiger partial charge on any atom is 0.305 e. The molecule has 0 aromatic rings. The molecule has 0 aliphatic heterocycles. The van der Waals surface area contributed by atoms with Crippen LogP contribution in [0.25, 0.3) is 0 Å². The lowest BCUT2D eigenvalue weighted by Gasteiger charge is -2.20. The van der Waals surface area contributed by atoms with Crippen LogP contribution in [0, 0.1) is 0 Å². The summed E-state index contributed by atoms with van der Waals surface area (Å²) in [4.78, 5) is 24.6. The number of nitrogens with one attached hydrogen (secondary N) is 1. The number of allylic oxidation sites excluding steroid dienone is 3. The van der Waals surface area contributed by atoms with Gasteiger partial charge in [0.05, 0.1) is 25.4 Å². The Morgan fingerprint density at radius 1 is 0.321 bits per heavy atom. The zero-order chi connectivity index (χ0) is 60.6. The van der Waals surface area contributed by atoms with Crippen molar-refractivity contribution in [2.45, 2.75) is 450 Å². The summed E-state index contributed by atoms with van der Waals surface area (Å²) in [5.74, 6) is -0.0454. The van der Waals surface area contributed by atoms with Crippen LogP contribution < -0.4 is 5.32 Å². The number of ether oxygens (including phenoxy) is 1. The van der Waals surface area contributed by atoms with Crippen LogP contribution in [-0.4, -0.2) is 47.4 Å². The van der Waals surface area contributed by atoms with Crippen molar-refractivity contribution in [1.82, 2.24) is 5.32 Å². The third-order valence-corrected chi connectivity index (χ3v) is 18.2. The van der Waals surface area contributed by atoms with Crippen LogP contribution in [0.5, 0.6) is 0 Å². The zero-order valence-electron chi connectivity index (χ0n) is 57.2. The van der Waals surface area contributed by atoms with Crippen molar-refractivity contribution in [3.63, 3.8) is 0 Å². The molecule has 0 fully saturated rings. The number of amides is 1. The first-order valence-electron chi connectivity index (χ1n) is 38.6. The van der Waals surface area contributed by atoms with Crippen LogP contribution in [0.15, 0.2) is 24.3 Å². The van der Waals surface area contributed by atoms with Crippen LogP contribution in [0.1, 0.15) is 438 Å². The van der Waals surface area contributed by atoms with Crippen molar-refractivity contribution < 1.29 is 24.5 Å². The summed E-state index contributed by atoms with van der Waals surface area (Å²) in [5, 5.41) is 23.3. The van der Waals surface area contributed by atoms with E-state index >= 15 is 0 Å². The molecule has 6 nitrogen and oxygen atoms in total. The number of unbranched alkanes of at least 4 members (excludes halogenated alkanes) is 60. The number of carbonyl (C=O) groups excluding carboxylic acids is 2. The highest BCUT2D eigenvalue weighted by Crippen LogP contribution is 2.20. The molecule has 0 radical (unpaired) electrons. The SMILES string of the molecule is CCCCCCCCC/C=C\CCCCCCCC(=O)OCCCCCCCCCCCCCCCCCCCCCCCCCCCCCCCCCC(=O)NC(CO)C(O)/C=C/CCCCCCCCCCCCCCCCCCCC. The Bertz CT molecular complexity index is 1320. The van der Waals surface area contributed by atoms with E-state index in [0.29, 0.717) is 19.4 Å². The summed E-state index contributed by atoms with van der Waals surface area (Å²) < 4.78 is 5.50. The average Bonchev–Trinajstić information content (AvgIpc) is 3.51. The molecular formula is C78H151NO5. The van der Waals surface area contributed by atoms with Crippen LogP contribution in [0.3, 0.4) is 0 Å². The fourth-order valence-electron chi connectivity index (χ4n) is 12.3. The number of hydrogen-bond acceptors (Lipinski definition) is 5. The topological polar surface area (TPSA) is 95.9 Å². The van der Waals surface area contributed by atoms with Gasteiger partial charge in [0.25, 0.3) is 0 Å². The van der Waals surface area contributed by atoms with Gasteiger partial charge in [0.15, 0.2) is 0 Å². The lowest BCUT2D eigenvalue weighted by molar-refractivity contribution is -0.143. The molecule has 0 bridgehead atoms. The van der Waals surface area contributed by atoms with E-state index in [1.807, 2.05) is 6.08 Å². The highest BCUT2D eigenvalue weighted by Gasteiger charge is 2.18. The lowest BCUT2D eigenvalue weighted by Crippen LogP contribution is -2.45. The number of aliphatic hydroxyl groups excluding tert-OH is 2. The number of hydrogen-bond donors (Lipinski definition) is 3. The second-order valence-corrected chi connectivity index (χ2v) is 26.7. The third kappa shape index (κ3) is 69.4. The van der Waals surface area contributed by atoms with E-state index < -0.39 is 12.1 Å². The second-order valence-electron chi connectivity index (χ2n) is 26.7. The van der Waals surface area contributed by atoms with E-state index in [1.54, 1.807) is 6.08 Å². The molecule has 6 heteroatoms. The summed E-state index contributed by atoms with van der Waals surface area (Å²) >= 11 is 0. The Morgan fingerprint density at radius 2 is 0.560 bits per heavy atom. The number of rotatable bonds is 73. The molecule has 0 saturated carbocycles. The Balaban J connectivity index is 3.35. The molecule has 0 aromatic heterocycles. The Morgan fingerprint density at radius 3 is 0.845 bits per heavy atom. The summed E-state index contributed by atoms with van der Waals surface area (Å²) in [6.45, 7) is 4.95. The van der Waals surface area contributed by atoms with Gasteiger partial charge >= 0.3 is 5.97 Å². The van der Waals surface area contributed by atoms with Gasteiger partial charge in [-0.05, 0) is 57.8 Å². The molecule has 0 aliphatic carbocycles. The van der Waals surface area contributed by atoms with Gasteiger partial charge in [0, 0.05) is 12.8 Å². The minimum atomic E-state index is -0.842. The molecule has 3 N–H and O–H groups in total. The van der Waals surface area contributed by atoms with E-state index in [1.165, 1.54) is 366 Å². The predicted molar refractivity (Wildman–Crippen MR) is 370 cm³/mol. The minimum Gasteiger partial charge on any atom is -0.466 e. The maximum absolute atomic E-state index is 12.5. The van der Waals surface area contributed by atoms with Crippen molar-refractivity contribution in [3.05, 3.63) is 24.3 Å². The first-order valence-corrected chi connectivity index (χ1v) is 38.6. The number of aliphatic hydroxyl groups is 2. The van der Waals surface area contributed by atoms with Gasteiger partial charge in [-0.3, -0.25) is 9.59 Å². The standard InChI is InChI=1S/C78H151NO5/c1-3-5-7-9-11-13-15-17-19-21-22-36-39-42-46-50-54-58-62-66-70-76(81)75(74-80)79-77(82)71-67-63-59-55-51-47-43-40-37-34-32-30-28-26-24-23-25-27-29-31-33-35-38-41-45-49-53-57-61-65-69-73-84-78(83)72-68-64-60-56-52-48-44-20-18-16-14-12-10-8-6-4-2/h20,44,66,70,75-76,80-81H,3-19,21-43,45-65,67-69,71-74H2,1-2H3,(H,79,82)/b44-20-,70-66+. The van der Waals surface area contributed by atoms with Gasteiger partial charge in [0.1, 0.15) is 0 Å². The largest absolute Gasteiger partial charge is 0.466 e. The third-order valence-electron chi connectivity index (χ3n) is 18.2. The lowest BCUT2D eigenvalue weighted by atomic mass is 10.0. The first kappa shape index (κ1) is 82.3. The zero-order valence-corrected chi connectivity index (χ0v) is 57.2. The molecule has 0 aromatic carbocycles. The highest BCUT2D eigenvalue weighted by atomic mass is 16.5. The van der Waals surface area contributed by atoms with E-state index in [0.717, 1.165) is 44.9 Å². The van der Waals surface area contributed by atoms with Crippen molar-refractivity contribution in [1.29, 1.82) is 0 Å². The fraction of sp³-hybridized carbons (Fsp3) is 0.923. The van der Waals surface area contributed by atoms with E-state index in [9.17, 15) is 19.8 Å². The molecule has 498 valence electrons. The molecule has 2 atom stereocenters. The van der Waals surface area contributed by atoms with Gasteiger partial charge < -0.3 is 20.3 Å². The smallest absolute Gasteiger partial charge is 0.305 e. The molecule has 0 saturated heterocycles. The van der Waals surface area contributed by atoms with Crippen LogP contribution in [0.2, 0.25) is 0 Å². The summed E-state index contributed by atoms with van der Waals surface area (Å²) in [6, 6.07) is -0.625. The summed E-state index contributed by atoms with van der Waals surface area (Å²) in [6.07, 6.45) is 94.3. The Labute approximate surface area is 526 Å². The molecule has 1 amide bonds. The molecule has 2 unspecified atom stereocenters. The molecule has 0 rings (SSSR count). The Hall–Kier alpha value is -1.66. The Kier molecular flexibility index (Phi) is 72.3. The number of carbonyl (C=O) groups is 2. The van der Waals surface area contributed by atoms with Crippen molar-refractivity contribution in [3.8, 4) is 0 Å². The van der Waals surface area contributed by atoms with E-state index in [-0.39, 0.29) is 18.5 Å². The van der Waals surface area contributed by atoms with Gasteiger partial charge in [0.2, 0.25) is 5.91 Å². The quantitative estimate of drug-likeness (QED) is 0.0320. The van der Waals surface area contributed by atoms with Crippen LogP contribution in [-0.2, 0) is 14.3 Å². The molecule has 84 heavy (non-hydrogen) atoms. The van der Waals surface area contributed by atoms with Gasteiger partial charge in [-0.1, -0.05) is 391 Å². The first-order chi connectivity index (χ1) is 41.5. The number of esters is 1. The highest BCUT2D eigenvalue weighted by molar-refractivity contribution is 5.76. The van der Waals surface area contributed by atoms with E-state index in [4.69, 9.17) is 4.74 Å². The maximum atomic E-state index is 12.5. The fourth-order valence-corrected chi connectivity index (χ4v) is 12.3. The van der Waals surface area contributed by atoms with Crippen molar-refractivity contribution in [2.75, 3.05) is 13.2 Å². The summed E-state index contributed by atoms with van der Waals surface area (Å²) in [7, 11) is 0. The van der Waals surface area contributed by atoms with Crippen molar-refractivity contribution in [2.24, 2.45) is 0 Å². The predicted octanol–water partition coefficient (Wildman–Crippen LogP) is 25.3. The van der Waals surface area contributed by atoms with Crippen LogP contribution in [0.4, 0.5) is 0 Å². The molecular weight excluding hydrogens is 1030 g/mol. The second kappa shape index (κ2) is 73.8. The van der Waals surface area contributed by atoms with Gasteiger partial charge in [-0.15, -0.1) is 0 Å². The minimum absolute atomic E-state index is 0.0139. The normalized spacial score (nSPS) is 12.6. The van der Waals surface area contributed by atoms with Gasteiger partial charge in [-0.2, -0.15) is 0 Å². The average molecular weight is 1180 g/mol. The van der Waals surface area contributed by atoms with E-state index in [2.05, 4.69) is 31.3 Å². The van der Waals surface area contributed by atoms with Crippen LogP contribution >= 0.6 is 0 Å².